The summed E-state index contributed by atoms with van der Waals surface area (Å²) in [5, 5.41) is 2.54. The van der Waals surface area contributed by atoms with Crippen molar-refractivity contribution in [1.29, 1.82) is 0 Å². The number of thiazole rings is 2. The number of ether oxygens (including phenoxy) is 1. The van der Waals surface area contributed by atoms with Crippen molar-refractivity contribution in [3.8, 4) is 10.6 Å². The summed E-state index contributed by atoms with van der Waals surface area (Å²) in [4.78, 5) is 34.4. The quantitative estimate of drug-likeness (QED) is 0.404. The molecule has 0 aliphatic heterocycles. The number of nitrogens with zero attached hydrogens (tertiary/aromatic N) is 3. The molecule has 6 nitrogen and oxygen atoms in total. The summed E-state index contributed by atoms with van der Waals surface area (Å²) in [7, 11) is 0. The van der Waals surface area contributed by atoms with Gasteiger partial charge in [-0.25, -0.2) is 14.8 Å². The normalized spacial score (nSPS) is 11.2. The van der Waals surface area contributed by atoms with Gasteiger partial charge in [0.05, 0.1) is 21.5 Å². The molecule has 2 aromatic carbocycles. The number of hydrogen-bond acceptors (Lipinski definition) is 7. The van der Waals surface area contributed by atoms with Crippen molar-refractivity contribution >= 4 is 43.8 Å². The van der Waals surface area contributed by atoms with Crippen LogP contribution in [0.2, 0.25) is 0 Å². The fraction of sp³-hybridized carbons (Fsp3) is 0.0476. The summed E-state index contributed by atoms with van der Waals surface area (Å²) in [6.07, 6.45) is 1.67. The lowest BCUT2D eigenvalue weighted by atomic mass is 10.1. The highest BCUT2D eigenvalue weighted by Crippen LogP contribution is 2.32. The van der Waals surface area contributed by atoms with Gasteiger partial charge in [0.1, 0.15) is 11.6 Å². The lowest BCUT2D eigenvalue weighted by molar-refractivity contribution is 0.0468. The van der Waals surface area contributed by atoms with Crippen LogP contribution in [0.1, 0.15) is 16.1 Å². The van der Waals surface area contributed by atoms with E-state index in [9.17, 15) is 9.59 Å². The largest absolute Gasteiger partial charge is 0.456 e. The van der Waals surface area contributed by atoms with Gasteiger partial charge in [0.25, 0.3) is 5.56 Å². The van der Waals surface area contributed by atoms with Crippen molar-refractivity contribution in [2.24, 2.45) is 0 Å². The van der Waals surface area contributed by atoms with Gasteiger partial charge in [-0.05, 0) is 18.2 Å². The molecule has 8 heteroatoms. The van der Waals surface area contributed by atoms with Gasteiger partial charge >= 0.3 is 5.97 Å². The van der Waals surface area contributed by atoms with Gasteiger partial charge in [0.15, 0.2) is 4.96 Å². The first-order valence-electron chi connectivity index (χ1n) is 8.77. The number of para-hydroxylation sites is 1. The Kier molecular flexibility index (Phi) is 4.42. The van der Waals surface area contributed by atoms with Gasteiger partial charge in [0.2, 0.25) is 0 Å². The van der Waals surface area contributed by atoms with Gasteiger partial charge in [-0.3, -0.25) is 9.20 Å². The zero-order valence-corrected chi connectivity index (χ0v) is 16.6. The number of benzene rings is 2. The summed E-state index contributed by atoms with van der Waals surface area (Å²) in [6, 6.07) is 16.5. The predicted octanol–water partition coefficient (Wildman–Crippen LogP) is 4.39. The first kappa shape index (κ1) is 17.7. The molecule has 0 radical (unpaired) electrons. The molecule has 0 fully saturated rings. The van der Waals surface area contributed by atoms with Crippen molar-refractivity contribution in [2.45, 2.75) is 6.61 Å². The number of aromatic nitrogens is 3. The van der Waals surface area contributed by atoms with Crippen LogP contribution in [0, 0.1) is 0 Å². The summed E-state index contributed by atoms with van der Waals surface area (Å²) < 4.78 is 7.97. The molecule has 0 aliphatic carbocycles. The van der Waals surface area contributed by atoms with Gasteiger partial charge in [0, 0.05) is 23.2 Å². The summed E-state index contributed by atoms with van der Waals surface area (Å²) in [5.41, 5.74) is 2.27. The molecule has 3 heterocycles. The fourth-order valence-corrected chi connectivity index (χ4v) is 4.76. The second kappa shape index (κ2) is 7.23. The zero-order valence-electron chi connectivity index (χ0n) is 14.9. The molecule has 142 valence electrons. The Hall–Kier alpha value is -3.36. The van der Waals surface area contributed by atoms with Crippen molar-refractivity contribution in [1.82, 2.24) is 14.4 Å². The third-order valence-corrected chi connectivity index (χ3v) is 6.20. The Bertz CT molecular complexity index is 1380. The second-order valence-electron chi connectivity index (χ2n) is 6.25. The van der Waals surface area contributed by atoms with Crippen LogP contribution in [-0.4, -0.2) is 20.3 Å². The molecule has 5 aromatic rings. The van der Waals surface area contributed by atoms with Crippen LogP contribution >= 0.6 is 22.7 Å². The van der Waals surface area contributed by atoms with Gasteiger partial charge in [-0.1, -0.05) is 30.3 Å². The maximum absolute atomic E-state index is 12.8. The van der Waals surface area contributed by atoms with E-state index in [0.717, 1.165) is 20.8 Å². The number of fused-ring (bicyclic) bond motifs is 2. The van der Waals surface area contributed by atoms with Crippen LogP contribution < -0.4 is 5.56 Å². The average molecular weight is 419 g/mol. The molecule has 0 saturated carbocycles. The number of carbonyl (C=O) groups is 1. The SMILES string of the molecule is O=C(OCc1cc(=O)n2ccsc2n1)c1ccccc1-c1nc2ccccc2s1. The molecule has 0 aliphatic rings. The number of carbonyl (C=O) groups excluding carboxylic acids is 1. The van der Waals surface area contributed by atoms with Crippen LogP contribution in [0.4, 0.5) is 0 Å². The highest BCUT2D eigenvalue weighted by molar-refractivity contribution is 7.21. The lowest BCUT2D eigenvalue weighted by Gasteiger charge is -2.08. The molecular formula is C21H13N3O3S2. The highest BCUT2D eigenvalue weighted by Gasteiger charge is 2.17. The van der Waals surface area contributed by atoms with E-state index in [1.807, 2.05) is 36.4 Å². The zero-order chi connectivity index (χ0) is 19.8. The number of esters is 1. The van der Waals surface area contributed by atoms with Gasteiger partial charge in [-0.15, -0.1) is 22.7 Å². The topological polar surface area (TPSA) is 73.6 Å². The first-order chi connectivity index (χ1) is 14.2. The molecule has 3 aromatic heterocycles. The van der Waals surface area contributed by atoms with Crippen molar-refractivity contribution in [3.05, 3.63) is 87.8 Å². The minimum atomic E-state index is -0.479. The minimum absolute atomic E-state index is 0.0728. The van der Waals surface area contributed by atoms with Crippen LogP contribution in [-0.2, 0) is 11.3 Å². The Labute approximate surface area is 172 Å². The Morgan fingerprint density at radius 1 is 1.07 bits per heavy atom. The number of hydrogen-bond donors (Lipinski definition) is 0. The average Bonchev–Trinajstić information content (AvgIpc) is 3.39. The number of rotatable bonds is 4. The van der Waals surface area contributed by atoms with E-state index in [1.165, 1.54) is 33.1 Å². The maximum atomic E-state index is 12.8. The van der Waals surface area contributed by atoms with E-state index in [2.05, 4.69) is 9.97 Å². The van der Waals surface area contributed by atoms with Crippen LogP contribution in [0.15, 0.2) is 71.0 Å². The molecular weight excluding hydrogens is 406 g/mol. The molecule has 0 amide bonds. The highest BCUT2D eigenvalue weighted by atomic mass is 32.1. The molecule has 0 atom stereocenters. The van der Waals surface area contributed by atoms with Crippen LogP contribution in [0.3, 0.4) is 0 Å². The third-order valence-electron chi connectivity index (χ3n) is 4.38. The Morgan fingerprint density at radius 3 is 2.79 bits per heavy atom. The monoisotopic (exact) mass is 419 g/mol. The van der Waals surface area contributed by atoms with Crippen molar-refractivity contribution < 1.29 is 9.53 Å². The van der Waals surface area contributed by atoms with E-state index < -0.39 is 5.97 Å². The van der Waals surface area contributed by atoms with Gasteiger partial charge in [-0.2, -0.15) is 0 Å². The van der Waals surface area contributed by atoms with Crippen molar-refractivity contribution in [2.75, 3.05) is 0 Å². The molecule has 5 rings (SSSR count). The molecule has 0 N–H and O–H groups in total. The van der Waals surface area contributed by atoms with Crippen LogP contribution in [0.5, 0.6) is 0 Å². The van der Waals surface area contributed by atoms with E-state index >= 15 is 0 Å². The molecule has 0 saturated heterocycles. The first-order valence-corrected chi connectivity index (χ1v) is 10.5. The van der Waals surface area contributed by atoms with E-state index in [4.69, 9.17) is 4.74 Å². The molecule has 0 spiro atoms. The smallest absolute Gasteiger partial charge is 0.339 e. The van der Waals surface area contributed by atoms with Gasteiger partial charge < -0.3 is 4.74 Å². The van der Waals surface area contributed by atoms with E-state index in [0.29, 0.717) is 16.2 Å². The molecule has 0 unspecified atom stereocenters. The van der Waals surface area contributed by atoms with E-state index in [1.54, 1.807) is 23.7 Å². The minimum Gasteiger partial charge on any atom is -0.456 e. The Balaban J connectivity index is 1.43. The second-order valence-corrected chi connectivity index (χ2v) is 8.15. The van der Waals surface area contributed by atoms with Crippen molar-refractivity contribution in [3.63, 3.8) is 0 Å². The predicted molar refractivity (Wildman–Crippen MR) is 114 cm³/mol. The summed E-state index contributed by atoms with van der Waals surface area (Å²) in [5.74, 6) is -0.479. The molecule has 29 heavy (non-hydrogen) atoms. The standard InChI is InChI=1S/C21H13N3O3S2/c25-18-11-13(22-21-24(18)9-10-28-21)12-27-20(26)15-6-2-1-5-14(15)19-23-16-7-3-4-8-17(16)29-19/h1-11H,12H2. The Morgan fingerprint density at radius 2 is 1.90 bits per heavy atom. The van der Waals surface area contributed by atoms with Crippen LogP contribution in [0.25, 0.3) is 25.7 Å². The third kappa shape index (κ3) is 3.32. The fourth-order valence-electron chi connectivity index (χ4n) is 3.01. The molecule has 0 bridgehead atoms. The summed E-state index contributed by atoms with van der Waals surface area (Å²) >= 11 is 2.88. The van der Waals surface area contributed by atoms with E-state index in [-0.39, 0.29) is 12.2 Å². The lowest BCUT2D eigenvalue weighted by Crippen LogP contribution is -2.15. The summed E-state index contributed by atoms with van der Waals surface area (Å²) in [6.45, 7) is -0.0728. The maximum Gasteiger partial charge on any atom is 0.339 e.